The summed E-state index contributed by atoms with van der Waals surface area (Å²) >= 11 is 0. The fraction of sp³-hybridized carbons (Fsp3) is 0.235. The quantitative estimate of drug-likeness (QED) is 0.873. The first kappa shape index (κ1) is 14.3. The Morgan fingerprint density at radius 2 is 1.60 bits per heavy atom. The van der Waals surface area contributed by atoms with Gasteiger partial charge in [0.25, 0.3) is 5.91 Å². The molecule has 1 amide bonds. The van der Waals surface area contributed by atoms with Crippen molar-refractivity contribution in [3.8, 4) is 0 Å². The first-order valence-corrected chi connectivity index (χ1v) is 6.92. The Morgan fingerprint density at radius 3 is 2.15 bits per heavy atom. The molecule has 0 saturated heterocycles. The molecular weight excluding hydrogens is 248 g/mol. The Labute approximate surface area is 119 Å². The van der Waals surface area contributed by atoms with Gasteiger partial charge < -0.3 is 11.1 Å². The lowest BCUT2D eigenvalue weighted by Crippen LogP contribution is -2.11. The second-order valence-corrected chi connectivity index (χ2v) is 4.80. The van der Waals surface area contributed by atoms with Crippen molar-refractivity contribution in [2.45, 2.75) is 26.3 Å². The van der Waals surface area contributed by atoms with Gasteiger partial charge in [-0.1, -0.05) is 37.6 Å². The van der Waals surface area contributed by atoms with E-state index < -0.39 is 0 Å². The summed E-state index contributed by atoms with van der Waals surface area (Å²) in [4.78, 5) is 12.1. The van der Waals surface area contributed by atoms with Crippen molar-refractivity contribution < 1.29 is 4.79 Å². The minimum atomic E-state index is -0.0893. The highest BCUT2D eigenvalue weighted by atomic mass is 16.1. The minimum Gasteiger partial charge on any atom is -0.326 e. The van der Waals surface area contributed by atoms with Crippen LogP contribution in [0.1, 0.15) is 34.8 Å². The zero-order valence-electron chi connectivity index (χ0n) is 11.7. The van der Waals surface area contributed by atoms with Crippen LogP contribution in [0.5, 0.6) is 0 Å². The maximum Gasteiger partial charge on any atom is 0.255 e. The highest BCUT2D eigenvalue weighted by Gasteiger charge is 2.05. The van der Waals surface area contributed by atoms with Crippen molar-refractivity contribution in [2.75, 3.05) is 5.32 Å². The predicted molar refractivity (Wildman–Crippen MR) is 82.7 cm³/mol. The smallest absolute Gasteiger partial charge is 0.255 e. The fourth-order valence-corrected chi connectivity index (χ4v) is 2.04. The summed E-state index contributed by atoms with van der Waals surface area (Å²) in [5.41, 5.74) is 9.31. The first-order chi connectivity index (χ1) is 9.72. The molecule has 0 aromatic heterocycles. The molecule has 0 heterocycles. The van der Waals surface area contributed by atoms with Gasteiger partial charge in [0.05, 0.1) is 0 Å². The largest absolute Gasteiger partial charge is 0.326 e. The minimum absolute atomic E-state index is 0.0893. The van der Waals surface area contributed by atoms with E-state index in [2.05, 4.69) is 12.2 Å². The van der Waals surface area contributed by atoms with Gasteiger partial charge >= 0.3 is 0 Å². The lowest BCUT2D eigenvalue weighted by molar-refractivity contribution is 0.102. The molecule has 0 unspecified atom stereocenters. The van der Waals surface area contributed by atoms with Crippen molar-refractivity contribution >= 4 is 11.6 Å². The molecule has 2 aromatic rings. The average Bonchev–Trinajstić information content (AvgIpc) is 2.49. The van der Waals surface area contributed by atoms with Gasteiger partial charge in [0.2, 0.25) is 0 Å². The maximum atomic E-state index is 12.1. The molecule has 2 rings (SSSR count). The third-order valence-corrected chi connectivity index (χ3v) is 3.20. The molecule has 3 heteroatoms. The molecule has 0 radical (unpaired) electrons. The standard InChI is InChI=1S/C17H20N2O/c1-2-3-13-4-8-15(9-5-13)17(20)19-16-10-6-14(12-18)7-11-16/h4-11H,2-3,12,18H2,1H3,(H,19,20). The van der Waals surface area contributed by atoms with Gasteiger partial charge in [-0.3, -0.25) is 4.79 Å². The van der Waals surface area contributed by atoms with E-state index in [1.54, 1.807) is 0 Å². The molecular formula is C17H20N2O. The number of nitrogens with one attached hydrogen (secondary N) is 1. The molecule has 3 N–H and O–H groups in total. The van der Waals surface area contributed by atoms with Crippen LogP contribution in [0.2, 0.25) is 0 Å². The molecule has 0 fully saturated rings. The van der Waals surface area contributed by atoms with E-state index in [9.17, 15) is 4.79 Å². The zero-order valence-corrected chi connectivity index (χ0v) is 11.7. The number of anilines is 1. The van der Waals surface area contributed by atoms with E-state index in [0.717, 1.165) is 24.1 Å². The van der Waals surface area contributed by atoms with Crippen LogP contribution in [-0.2, 0) is 13.0 Å². The van der Waals surface area contributed by atoms with E-state index >= 15 is 0 Å². The summed E-state index contributed by atoms with van der Waals surface area (Å²) < 4.78 is 0. The molecule has 0 spiro atoms. The molecule has 0 aliphatic rings. The van der Waals surface area contributed by atoms with Crippen molar-refractivity contribution in [3.63, 3.8) is 0 Å². The number of nitrogens with two attached hydrogens (primary N) is 1. The van der Waals surface area contributed by atoms with Gasteiger partial charge in [-0.25, -0.2) is 0 Å². The second kappa shape index (κ2) is 6.87. The van der Waals surface area contributed by atoms with E-state index in [4.69, 9.17) is 5.73 Å². The Hall–Kier alpha value is -2.13. The third kappa shape index (κ3) is 3.68. The Kier molecular flexibility index (Phi) is 4.91. The van der Waals surface area contributed by atoms with Crippen molar-refractivity contribution in [3.05, 3.63) is 65.2 Å². The summed E-state index contributed by atoms with van der Waals surface area (Å²) in [7, 11) is 0. The number of carbonyl (C=O) groups is 1. The monoisotopic (exact) mass is 268 g/mol. The van der Waals surface area contributed by atoms with Gasteiger partial charge in [0.1, 0.15) is 0 Å². The number of hydrogen-bond acceptors (Lipinski definition) is 2. The molecule has 0 aliphatic carbocycles. The van der Waals surface area contributed by atoms with Crippen LogP contribution < -0.4 is 11.1 Å². The summed E-state index contributed by atoms with van der Waals surface area (Å²) in [6.45, 7) is 2.65. The topological polar surface area (TPSA) is 55.1 Å². The summed E-state index contributed by atoms with van der Waals surface area (Å²) in [6, 6.07) is 15.3. The molecule has 3 nitrogen and oxygen atoms in total. The second-order valence-electron chi connectivity index (χ2n) is 4.80. The third-order valence-electron chi connectivity index (χ3n) is 3.20. The van der Waals surface area contributed by atoms with Gasteiger partial charge in [0, 0.05) is 17.8 Å². The molecule has 0 aliphatic heterocycles. The van der Waals surface area contributed by atoms with Crippen LogP contribution in [0.25, 0.3) is 0 Å². The molecule has 2 aromatic carbocycles. The van der Waals surface area contributed by atoms with Crippen LogP contribution in [-0.4, -0.2) is 5.91 Å². The van der Waals surface area contributed by atoms with Crippen LogP contribution in [0.4, 0.5) is 5.69 Å². The van der Waals surface area contributed by atoms with E-state index in [1.165, 1.54) is 5.56 Å². The SMILES string of the molecule is CCCc1ccc(C(=O)Nc2ccc(CN)cc2)cc1. The van der Waals surface area contributed by atoms with Crippen molar-refractivity contribution in [1.29, 1.82) is 0 Å². The van der Waals surface area contributed by atoms with Crippen LogP contribution in [0.15, 0.2) is 48.5 Å². The number of amides is 1. The number of aryl methyl sites for hydroxylation is 1. The van der Waals surface area contributed by atoms with Crippen molar-refractivity contribution in [2.24, 2.45) is 5.73 Å². The first-order valence-electron chi connectivity index (χ1n) is 6.92. The highest BCUT2D eigenvalue weighted by molar-refractivity contribution is 6.04. The predicted octanol–water partition coefficient (Wildman–Crippen LogP) is 3.35. The average molecular weight is 268 g/mol. The van der Waals surface area contributed by atoms with E-state index in [0.29, 0.717) is 12.1 Å². The molecule has 104 valence electrons. The molecule has 0 atom stereocenters. The Balaban J connectivity index is 2.03. The van der Waals surface area contributed by atoms with Gasteiger partial charge in [-0.05, 0) is 41.8 Å². The Morgan fingerprint density at radius 1 is 1.00 bits per heavy atom. The maximum absolute atomic E-state index is 12.1. The highest BCUT2D eigenvalue weighted by Crippen LogP contribution is 2.12. The number of rotatable bonds is 5. The van der Waals surface area contributed by atoms with Gasteiger partial charge in [0.15, 0.2) is 0 Å². The molecule has 0 bridgehead atoms. The molecule has 20 heavy (non-hydrogen) atoms. The van der Waals surface area contributed by atoms with Crippen LogP contribution >= 0.6 is 0 Å². The van der Waals surface area contributed by atoms with Gasteiger partial charge in [-0.2, -0.15) is 0 Å². The number of carbonyl (C=O) groups excluding carboxylic acids is 1. The van der Waals surface area contributed by atoms with Gasteiger partial charge in [-0.15, -0.1) is 0 Å². The number of hydrogen-bond donors (Lipinski definition) is 2. The lowest BCUT2D eigenvalue weighted by Gasteiger charge is -2.07. The van der Waals surface area contributed by atoms with Crippen LogP contribution in [0, 0.1) is 0 Å². The summed E-state index contributed by atoms with van der Waals surface area (Å²) in [5, 5.41) is 2.88. The normalized spacial score (nSPS) is 10.3. The molecule has 0 saturated carbocycles. The van der Waals surface area contributed by atoms with E-state index in [1.807, 2.05) is 48.5 Å². The Bertz CT molecular complexity index is 559. The lowest BCUT2D eigenvalue weighted by atomic mass is 10.1. The zero-order chi connectivity index (χ0) is 14.4. The summed E-state index contributed by atoms with van der Waals surface area (Å²) in [5.74, 6) is -0.0893. The van der Waals surface area contributed by atoms with E-state index in [-0.39, 0.29) is 5.91 Å². The summed E-state index contributed by atoms with van der Waals surface area (Å²) in [6.07, 6.45) is 2.15. The fourth-order valence-electron chi connectivity index (χ4n) is 2.04. The number of benzene rings is 2. The van der Waals surface area contributed by atoms with Crippen molar-refractivity contribution in [1.82, 2.24) is 0 Å². The van der Waals surface area contributed by atoms with Crippen LogP contribution in [0.3, 0.4) is 0 Å².